The summed E-state index contributed by atoms with van der Waals surface area (Å²) in [6, 6.07) is 15.9. The first-order valence-electron chi connectivity index (χ1n) is 11.4. The fourth-order valence-electron chi connectivity index (χ4n) is 3.13. The van der Waals surface area contributed by atoms with E-state index in [0.29, 0.717) is 30.3 Å². The molecule has 0 saturated carbocycles. The van der Waals surface area contributed by atoms with Gasteiger partial charge >= 0.3 is 5.97 Å². The van der Waals surface area contributed by atoms with Gasteiger partial charge in [-0.2, -0.15) is 0 Å². The number of benzene rings is 2. The van der Waals surface area contributed by atoms with E-state index in [9.17, 15) is 4.79 Å². The van der Waals surface area contributed by atoms with E-state index in [2.05, 4.69) is 36.2 Å². The zero-order chi connectivity index (χ0) is 24.6. The molecule has 0 radical (unpaired) electrons. The van der Waals surface area contributed by atoms with E-state index in [4.69, 9.17) is 20.6 Å². The summed E-state index contributed by atoms with van der Waals surface area (Å²) in [5, 5.41) is 6.05. The van der Waals surface area contributed by atoms with E-state index < -0.39 is 17.2 Å². The smallest absolute Gasteiger partial charge is 0.350 e. The molecule has 0 saturated heterocycles. The minimum atomic E-state index is -1.07. The topological polar surface area (TPSA) is 99.5 Å². The molecule has 0 aliphatic rings. The van der Waals surface area contributed by atoms with Crippen LogP contribution in [0, 0.1) is 6.92 Å². The van der Waals surface area contributed by atoms with Crippen LogP contribution in [0.5, 0.6) is 5.75 Å². The predicted octanol–water partition coefficient (Wildman–Crippen LogP) is 3.57. The third-order valence-corrected chi connectivity index (χ3v) is 4.88. The van der Waals surface area contributed by atoms with Crippen molar-refractivity contribution < 1.29 is 19.7 Å². The van der Waals surface area contributed by atoms with Crippen LogP contribution in [0.3, 0.4) is 0 Å². The van der Waals surface area contributed by atoms with E-state index in [-0.39, 0.29) is 0 Å². The Morgan fingerprint density at radius 1 is 0.970 bits per heavy atom. The van der Waals surface area contributed by atoms with Gasteiger partial charge in [-0.3, -0.25) is 5.41 Å². The lowest BCUT2D eigenvalue weighted by Gasteiger charge is -2.29. The van der Waals surface area contributed by atoms with Crippen molar-refractivity contribution in [2.75, 3.05) is 0 Å². The van der Waals surface area contributed by atoms with Crippen LogP contribution in [0.15, 0.2) is 53.5 Å². The number of hydrogen-bond donors (Lipinski definition) is 2. The highest BCUT2D eigenvalue weighted by molar-refractivity contribution is 5.94. The van der Waals surface area contributed by atoms with Crippen LogP contribution in [-0.4, -0.2) is 28.8 Å². The van der Waals surface area contributed by atoms with Gasteiger partial charge < -0.3 is 15.2 Å². The van der Waals surface area contributed by atoms with Crippen molar-refractivity contribution in [1.29, 1.82) is 0 Å². The third kappa shape index (κ3) is 9.48. The lowest BCUT2D eigenvalue weighted by Crippen LogP contribution is -2.43. The van der Waals surface area contributed by atoms with Gasteiger partial charge in [-0.1, -0.05) is 42.0 Å². The van der Waals surface area contributed by atoms with Crippen LogP contribution in [0.2, 0.25) is 0 Å². The number of ether oxygens (including phenoxy) is 2. The quantitative estimate of drug-likeness (QED) is 0.345. The molecule has 2 rings (SSSR count). The second kappa shape index (κ2) is 11.1. The molecule has 2 aromatic rings. The number of carbonyl (C=O) groups is 1. The maximum absolute atomic E-state index is 12.4. The molecule has 0 atom stereocenters. The number of amidine groups is 2. The molecule has 0 fully saturated rings. The summed E-state index contributed by atoms with van der Waals surface area (Å²) in [5.74, 6) is 1.28. The number of nitrogens with two attached hydrogens (primary N) is 2. The lowest BCUT2D eigenvalue weighted by molar-refractivity contribution is -0.170. The average Bonchev–Trinajstić information content (AvgIpc) is 2.69. The minimum absolute atomic E-state index is 0.396. The average molecular weight is 453 g/mol. The Kier molecular flexibility index (Phi) is 8.80. The van der Waals surface area contributed by atoms with Crippen molar-refractivity contribution in [1.82, 2.24) is 0 Å². The monoisotopic (exact) mass is 452 g/mol. The van der Waals surface area contributed by atoms with Crippen molar-refractivity contribution >= 4 is 17.6 Å². The number of nitrogens with zero attached hydrogens (tertiary/aromatic N) is 1. The van der Waals surface area contributed by atoms with Gasteiger partial charge in [0.05, 0.1) is 6.42 Å². The van der Waals surface area contributed by atoms with Crippen LogP contribution >= 0.6 is 0 Å². The van der Waals surface area contributed by atoms with Gasteiger partial charge in [0.2, 0.25) is 5.84 Å². The summed E-state index contributed by atoms with van der Waals surface area (Å²) in [5.41, 5.74) is 7.92. The molecule has 0 aromatic heterocycles. The Morgan fingerprint density at radius 2 is 1.55 bits per heavy atom. The van der Waals surface area contributed by atoms with Gasteiger partial charge in [0.15, 0.2) is 5.60 Å². The molecule has 0 heterocycles. The van der Waals surface area contributed by atoms with Crippen molar-refractivity contribution in [2.45, 2.75) is 78.4 Å². The van der Waals surface area contributed by atoms with Gasteiger partial charge in [-0.15, -0.1) is 0 Å². The summed E-state index contributed by atoms with van der Waals surface area (Å²) in [4.78, 5) is 16.7. The molecule has 178 valence electrons. The van der Waals surface area contributed by atoms with Crippen molar-refractivity contribution in [3.63, 3.8) is 0 Å². The Bertz CT molecular complexity index is 969. The number of carbonyl (C=O) groups excluding carboxylic acids is 1. The SMILES string of the molecule is Cc1ccc(CC(=[NH2+])N=C(N)CCCc2ccc(OC(C)(C)C(=O)OC(C)(C)C)cc2)cc1. The normalized spacial score (nSPS) is 12.4. The van der Waals surface area contributed by atoms with E-state index in [1.165, 1.54) is 5.56 Å². The Labute approximate surface area is 197 Å². The zero-order valence-corrected chi connectivity index (χ0v) is 20.8. The molecule has 0 amide bonds. The van der Waals surface area contributed by atoms with Gasteiger partial charge in [-0.05, 0) is 82.6 Å². The number of rotatable bonds is 9. The largest absolute Gasteiger partial charge is 0.476 e. The third-order valence-electron chi connectivity index (χ3n) is 4.88. The molecule has 2 aromatic carbocycles. The maximum Gasteiger partial charge on any atom is 0.350 e. The van der Waals surface area contributed by atoms with E-state index in [1.54, 1.807) is 13.8 Å². The summed E-state index contributed by atoms with van der Waals surface area (Å²) in [6.45, 7) is 11.0. The number of aryl methyl sites for hydroxylation is 2. The zero-order valence-electron chi connectivity index (χ0n) is 20.8. The van der Waals surface area contributed by atoms with Crippen LogP contribution in [0.4, 0.5) is 0 Å². The fourth-order valence-corrected chi connectivity index (χ4v) is 3.13. The maximum atomic E-state index is 12.4. The highest BCUT2D eigenvalue weighted by atomic mass is 16.6. The Hall–Kier alpha value is -3.15. The summed E-state index contributed by atoms with van der Waals surface area (Å²) in [6.07, 6.45) is 2.96. The summed E-state index contributed by atoms with van der Waals surface area (Å²) < 4.78 is 11.3. The molecular weight excluding hydrogens is 414 g/mol. The van der Waals surface area contributed by atoms with Crippen LogP contribution < -0.4 is 15.9 Å². The van der Waals surface area contributed by atoms with Gasteiger partial charge in [0, 0.05) is 6.42 Å². The molecule has 33 heavy (non-hydrogen) atoms. The molecule has 6 nitrogen and oxygen atoms in total. The lowest BCUT2D eigenvalue weighted by atomic mass is 10.1. The number of aliphatic imine (C=N–C) groups is 1. The fraction of sp³-hybridized carbons (Fsp3) is 0.444. The molecule has 0 spiro atoms. The second-order valence-electron chi connectivity index (χ2n) is 9.87. The Morgan fingerprint density at radius 3 is 2.12 bits per heavy atom. The molecule has 6 heteroatoms. The molecule has 0 aliphatic heterocycles. The molecule has 4 N–H and O–H groups in total. The molecule has 0 unspecified atom stereocenters. The first-order valence-corrected chi connectivity index (χ1v) is 11.4. The van der Waals surface area contributed by atoms with E-state index in [1.807, 2.05) is 45.0 Å². The molecule has 0 bridgehead atoms. The van der Waals surface area contributed by atoms with Gasteiger partial charge in [0.1, 0.15) is 11.4 Å². The van der Waals surface area contributed by atoms with Crippen molar-refractivity contribution in [3.05, 3.63) is 65.2 Å². The van der Waals surface area contributed by atoms with Crippen molar-refractivity contribution in [2.24, 2.45) is 10.7 Å². The van der Waals surface area contributed by atoms with Gasteiger partial charge in [-0.25, -0.2) is 4.79 Å². The van der Waals surface area contributed by atoms with Crippen molar-refractivity contribution in [3.8, 4) is 5.75 Å². The minimum Gasteiger partial charge on any atom is -0.476 e. The van der Waals surface area contributed by atoms with Crippen LogP contribution in [0.25, 0.3) is 0 Å². The predicted molar refractivity (Wildman–Crippen MR) is 133 cm³/mol. The highest BCUT2D eigenvalue weighted by Crippen LogP contribution is 2.23. The van der Waals surface area contributed by atoms with Crippen LogP contribution in [-0.2, 0) is 22.4 Å². The highest BCUT2D eigenvalue weighted by Gasteiger charge is 2.34. The Balaban J connectivity index is 1.81. The van der Waals surface area contributed by atoms with E-state index in [0.717, 1.165) is 24.0 Å². The summed E-state index contributed by atoms with van der Waals surface area (Å²) >= 11 is 0. The van der Waals surface area contributed by atoms with E-state index >= 15 is 0 Å². The number of hydrogen-bond acceptors (Lipinski definition) is 3. The standard InChI is InChI=1S/C27H37N3O3/c1-19-10-12-21(13-11-19)18-24(29)30-23(28)9-7-8-20-14-16-22(17-15-20)32-27(5,6)25(31)33-26(2,3)4/h10-17H,7-9,18H2,1-6H3,(H3,28,29,30)/p+1. The van der Waals surface area contributed by atoms with Crippen LogP contribution in [0.1, 0.15) is 64.2 Å². The molecule has 0 aliphatic carbocycles. The molecular formula is C27H38N3O3+. The second-order valence-corrected chi connectivity index (χ2v) is 9.87. The van der Waals surface area contributed by atoms with Gasteiger partial charge in [0.25, 0.3) is 5.84 Å². The summed E-state index contributed by atoms with van der Waals surface area (Å²) in [7, 11) is 0. The first kappa shape index (κ1) is 26.1. The number of esters is 1. The first-order chi connectivity index (χ1) is 15.3.